The molecule has 454 valence electrons. The van der Waals surface area contributed by atoms with Crippen LogP contribution in [0.3, 0.4) is 0 Å². The molecule has 3 aromatic heterocycles. The zero-order chi connectivity index (χ0) is 57.2. The van der Waals surface area contributed by atoms with Crippen LogP contribution < -0.4 is 28.4 Å². The Hall–Kier alpha value is -4.99. The van der Waals surface area contributed by atoms with Crippen LogP contribution in [0, 0.1) is 0 Å². The van der Waals surface area contributed by atoms with Crippen LogP contribution in [0.2, 0.25) is 0 Å². The molecule has 0 aliphatic carbocycles. The highest BCUT2D eigenvalue weighted by molar-refractivity contribution is 5.75. The van der Waals surface area contributed by atoms with Gasteiger partial charge in [-0.2, -0.15) is 5.10 Å². The Morgan fingerprint density at radius 2 is 0.531 bits per heavy atom. The molecule has 5 aromatic rings. The van der Waals surface area contributed by atoms with Gasteiger partial charge in [-0.05, 0) is 93.1 Å². The number of ether oxygens (including phenoxy) is 6. The van der Waals surface area contributed by atoms with Crippen LogP contribution in [0.15, 0.2) is 54.6 Å². The van der Waals surface area contributed by atoms with Crippen LogP contribution in [0.25, 0.3) is 45.3 Å². The Kier molecular flexibility index (Phi) is 35.3. The number of hydrogen-bond donors (Lipinski definition) is 3. The molecule has 0 saturated heterocycles. The van der Waals surface area contributed by atoms with Crippen LogP contribution in [0.5, 0.6) is 34.5 Å². The summed E-state index contributed by atoms with van der Waals surface area (Å²) in [5.41, 5.74) is 7.53. The van der Waals surface area contributed by atoms with Gasteiger partial charge in [-0.15, -0.1) is 0 Å². The molecule has 0 fully saturated rings. The molecule has 0 aliphatic rings. The van der Waals surface area contributed by atoms with Gasteiger partial charge >= 0.3 is 0 Å². The van der Waals surface area contributed by atoms with Gasteiger partial charge in [0.05, 0.1) is 56.7 Å². The Morgan fingerprint density at radius 3 is 0.852 bits per heavy atom. The molecule has 5 rings (SSSR count). The fraction of sp³-hybridized carbons (Fsp3) is 0.676. The summed E-state index contributed by atoms with van der Waals surface area (Å²) >= 11 is 0. The van der Waals surface area contributed by atoms with Gasteiger partial charge in [0.15, 0.2) is 23.0 Å². The third-order valence-corrected chi connectivity index (χ3v) is 15.7. The maximum absolute atomic E-state index is 6.67. The molecule has 0 saturated carbocycles. The lowest BCUT2D eigenvalue weighted by molar-refractivity contribution is 0.234. The first-order chi connectivity index (χ1) is 40.0. The maximum Gasteiger partial charge on any atom is 0.203 e. The van der Waals surface area contributed by atoms with Crippen molar-refractivity contribution in [3.8, 4) is 79.8 Å². The maximum atomic E-state index is 6.67. The van der Waals surface area contributed by atoms with E-state index in [1.165, 1.54) is 167 Å². The molecular weight excluding hydrogens is 1000 g/mol. The van der Waals surface area contributed by atoms with Gasteiger partial charge in [0.1, 0.15) is 5.69 Å². The van der Waals surface area contributed by atoms with Crippen LogP contribution in [0.1, 0.15) is 273 Å². The fourth-order valence-electron chi connectivity index (χ4n) is 10.6. The van der Waals surface area contributed by atoms with Gasteiger partial charge in [-0.3, -0.25) is 5.10 Å². The summed E-state index contributed by atoms with van der Waals surface area (Å²) in [4.78, 5) is 7.44. The van der Waals surface area contributed by atoms with Gasteiger partial charge < -0.3 is 38.4 Å². The summed E-state index contributed by atoms with van der Waals surface area (Å²) < 4.78 is 40.0. The summed E-state index contributed by atoms with van der Waals surface area (Å²) in [5.74, 6) is 4.51. The van der Waals surface area contributed by atoms with Gasteiger partial charge in [-0.25, -0.2) is 0 Å². The zero-order valence-electron chi connectivity index (χ0n) is 52.3. The van der Waals surface area contributed by atoms with E-state index in [9.17, 15) is 0 Å². The molecule has 0 atom stereocenters. The topological polar surface area (TPSA) is 116 Å². The predicted molar refractivity (Wildman–Crippen MR) is 342 cm³/mol. The van der Waals surface area contributed by atoms with Crippen LogP contribution in [-0.4, -0.2) is 59.8 Å². The summed E-state index contributed by atoms with van der Waals surface area (Å²) in [6.45, 7) is 17.5. The van der Waals surface area contributed by atoms with Gasteiger partial charge in [0.25, 0.3) is 0 Å². The molecule has 0 aliphatic heterocycles. The largest absolute Gasteiger partial charge is 0.490 e. The first-order valence-electron chi connectivity index (χ1n) is 33.6. The van der Waals surface area contributed by atoms with Crippen molar-refractivity contribution in [3.63, 3.8) is 0 Å². The van der Waals surface area contributed by atoms with Crippen molar-refractivity contribution < 1.29 is 28.4 Å². The van der Waals surface area contributed by atoms with Crippen molar-refractivity contribution in [2.75, 3.05) is 39.6 Å². The highest BCUT2D eigenvalue weighted by Gasteiger charge is 2.21. The van der Waals surface area contributed by atoms with Crippen molar-refractivity contribution >= 4 is 0 Å². The van der Waals surface area contributed by atoms with Gasteiger partial charge in [-0.1, -0.05) is 234 Å². The second-order valence-electron chi connectivity index (χ2n) is 23.0. The van der Waals surface area contributed by atoms with E-state index in [1.807, 2.05) is 0 Å². The first kappa shape index (κ1) is 66.8. The third-order valence-electron chi connectivity index (χ3n) is 15.7. The molecule has 3 N–H and O–H groups in total. The number of unbranched alkanes of at least 4 members (excludes halogenated alkanes) is 30. The molecule has 81 heavy (non-hydrogen) atoms. The average Bonchev–Trinajstić information content (AvgIpc) is 4.52. The number of aromatic amines is 3. The Morgan fingerprint density at radius 1 is 0.272 bits per heavy atom. The van der Waals surface area contributed by atoms with E-state index in [2.05, 4.69) is 111 Å². The van der Waals surface area contributed by atoms with Crippen LogP contribution >= 0.6 is 0 Å². The Bertz CT molecular complexity index is 2090. The molecule has 10 nitrogen and oxygen atoms in total. The van der Waals surface area contributed by atoms with E-state index < -0.39 is 0 Å². The Balaban J connectivity index is 1.39. The number of benzene rings is 2. The number of aromatic nitrogens is 4. The number of nitrogens with one attached hydrogen (secondary N) is 3. The lowest BCUT2D eigenvalue weighted by Gasteiger charge is -2.19. The van der Waals surface area contributed by atoms with E-state index in [0.717, 1.165) is 144 Å². The average molecular weight is 1120 g/mol. The molecule has 0 spiro atoms. The highest BCUT2D eigenvalue weighted by Crippen LogP contribution is 2.44. The van der Waals surface area contributed by atoms with Gasteiger partial charge in [0.2, 0.25) is 11.5 Å². The minimum absolute atomic E-state index is 0.646. The molecule has 10 heteroatoms. The lowest BCUT2D eigenvalue weighted by Crippen LogP contribution is -2.07. The van der Waals surface area contributed by atoms with E-state index in [1.54, 1.807) is 0 Å². The predicted octanol–water partition coefficient (Wildman–Crippen LogP) is 22.2. The smallest absolute Gasteiger partial charge is 0.203 e. The van der Waals surface area contributed by atoms with Crippen molar-refractivity contribution in [1.82, 2.24) is 20.2 Å². The number of hydrogen-bond acceptors (Lipinski definition) is 7. The first-order valence-corrected chi connectivity index (χ1v) is 33.6. The SMILES string of the molecule is CCCCCCCCOc1cc(-c2ccc(-c3cc(-c4ccc(-c5cc(OCCCCCCCC)c(OCCCCCCCC)c(OCCCCCCCC)c5)[nH]4)[nH]n3)[nH]2)cc(OCCCCCCCC)c1OCCCCCCCC. The number of nitrogens with zero attached hydrogens (tertiary/aromatic N) is 1. The minimum Gasteiger partial charge on any atom is -0.490 e. The second kappa shape index (κ2) is 42.8. The summed E-state index contributed by atoms with van der Waals surface area (Å²) in [6.07, 6.45) is 43.5. The lowest BCUT2D eigenvalue weighted by atomic mass is 10.1. The van der Waals surface area contributed by atoms with Crippen molar-refractivity contribution in [2.45, 2.75) is 273 Å². The molecule has 2 aromatic carbocycles. The Labute approximate surface area is 493 Å². The summed E-state index contributed by atoms with van der Waals surface area (Å²) in [5, 5.41) is 8.19. The number of rotatable bonds is 52. The van der Waals surface area contributed by atoms with E-state index in [-0.39, 0.29) is 0 Å². The molecule has 3 heterocycles. The minimum atomic E-state index is 0.646. The molecule has 0 unspecified atom stereocenters. The monoisotopic (exact) mass is 1120 g/mol. The van der Waals surface area contributed by atoms with Crippen molar-refractivity contribution in [3.05, 3.63) is 54.6 Å². The zero-order valence-corrected chi connectivity index (χ0v) is 52.3. The van der Waals surface area contributed by atoms with E-state index >= 15 is 0 Å². The quantitative estimate of drug-likeness (QED) is 0.0332. The van der Waals surface area contributed by atoms with Crippen molar-refractivity contribution in [1.29, 1.82) is 0 Å². The molecule has 0 bridgehead atoms. The highest BCUT2D eigenvalue weighted by atomic mass is 16.5. The molecule has 0 radical (unpaired) electrons. The van der Waals surface area contributed by atoms with Gasteiger partial charge in [0, 0.05) is 22.5 Å². The molecule has 0 amide bonds. The normalized spacial score (nSPS) is 11.4. The number of H-pyrrole nitrogens is 3. The van der Waals surface area contributed by atoms with E-state index in [4.69, 9.17) is 33.5 Å². The summed E-state index contributed by atoms with van der Waals surface area (Å²) in [7, 11) is 0. The van der Waals surface area contributed by atoms with Crippen LogP contribution in [0.4, 0.5) is 0 Å². The second-order valence-corrected chi connectivity index (χ2v) is 23.0. The van der Waals surface area contributed by atoms with E-state index in [0.29, 0.717) is 39.6 Å². The van der Waals surface area contributed by atoms with Crippen molar-refractivity contribution in [2.24, 2.45) is 0 Å². The fourth-order valence-corrected chi connectivity index (χ4v) is 10.6. The summed E-state index contributed by atoms with van der Waals surface area (Å²) in [6, 6.07) is 19.2. The molecular formula is C71H114N4O6. The third kappa shape index (κ3) is 26.0. The standard InChI is InChI=1S/C71H114N4O6/c1-7-13-19-25-31-37-47-76-66-53-58(54-67(77-48-38-32-26-20-14-8-2)70(66)80-51-41-35-29-23-17-11-5)60-43-45-62(72-60)64-57-65(75-74-64)63-46-44-61(73-63)59-55-68(78-49-39-33-27-21-15-9-3)71(81-52-42-36-30-24-18-12-6)69(56-59)79-50-40-34-28-22-16-10-4/h43-46,53-57,72-73H,7-42,47-52H2,1-6H3,(H,74,75). The van der Waals surface area contributed by atoms with Crippen LogP contribution in [-0.2, 0) is 0 Å².